The molecule has 6 nitrogen and oxygen atoms in total. The third kappa shape index (κ3) is 3.27. The molecule has 3 heterocycles. The van der Waals surface area contributed by atoms with Crippen molar-refractivity contribution in [3.05, 3.63) is 54.0 Å². The molecule has 1 fully saturated rings. The number of amides is 1. The molecular formula is C21H24N4O2. The molecule has 0 N–H and O–H groups in total. The van der Waals surface area contributed by atoms with Crippen molar-refractivity contribution in [2.75, 3.05) is 20.2 Å². The van der Waals surface area contributed by atoms with Crippen LogP contribution in [0.1, 0.15) is 41.9 Å². The number of imidazole rings is 1. The largest absolute Gasteiger partial charge is 0.497 e. The molecule has 1 unspecified atom stereocenters. The Labute approximate surface area is 158 Å². The minimum absolute atomic E-state index is 0.0661. The predicted molar refractivity (Wildman–Crippen MR) is 104 cm³/mol. The first-order valence-corrected chi connectivity index (χ1v) is 9.45. The van der Waals surface area contributed by atoms with Gasteiger partial charge in [0.1, 0.15) is 17.1 Å². The lowest BCUT2D eigenvalue weighted by Crippen LogP contribution is -2.28. The standard InChI is InChI=1S/C21H24N4O2/c1-3-12-25-19(23-18-5-4-11-22-20(18)25)16-10-13-24(14-16)21(26)15-6-8-17(27-2)9-7-15/h4-9,11,16H,3,10,12-14H2,1-2H3. The Balaban J connectivity index is 1.56. The van der Waals surface area contributed by atoms with Gasteiger partial charge in [-0.1, -0.05) is 6.92 Å². The maximum Gasteiger partial charge on any atom is 0.253 e. The van der Waals surface area contributed by atoms with E-state index in [1.807, 2.05) is 47.5 Å². The van der Waals surface area contributed by atoms with Crippen LogP contribution in [0.4, 0.5) is 0 Å². The fourth-order valence-electron chi connectivity index (χ4n) is 3.80. The van der Waals surface area contributed by atoms with E-state index in [4.69, 9.17) is 9.72 Å². The topological polar surface area (TPSA) is 60.2 Å². The molecule has 0 spiro atoms. The molecule has 1 amide bonds. The number of hydrogen-bond acceptors (Lipinski definition) is 4. The Morgan fingerprint density at radius 1 is 1.26 bits per heavy atom. The highest BCUT2D eigenvalue weighted by atomic mass is 16.5. The molecule has 4 rings (SSSR count). The van der Waals surface area contributed by atoms with E-state index in [-0.39, 0.29) is 11.8 Å². The fraction of sp³-hybridized carbons (Fsp3) is 0.381. The summed E-state index contributed by atoms with van der Waals surface area (Å²) in [7, 11) is 1.62. The monoisotopic (exact) mass is 364 g/mol. The molecule has 1 aliphatic heterocycles. The van der Waals surface area contributed by atoms with E-state index in [2.05, 4.69) is 16.5 Å². The lowest BCUT2D eigenvalue weighted by Gasteiger charge is -2.17. The molecule has 1 aliphatic rings. The van der Waals surface area contributed by atoms with Crippen molar-refractivity contribution in [3.63, 3.8) is 0 Å². The van der Waals surface area contributed by atoms with Gasteiger partial charge in [0, 0.05) is 37.3 Å². The van der Waals surface area contributed by atoms with Crippen LogP contribution in [0.5, 0.6) is 5.75 Å². The minimum Gasteiger partial charge on any atom is -0.497 e. The number of aryl methyl sites for hydroxylation is 1. The molecule has 0 saturated carbocycles. The normalized spacial score (nSPS) is 16.8. The van der Waals surface area contributed by atoms with Gasteiger partial charge in [0.25, 0.3) is 5.91 Å². The highest BCUT2D eigenvalue weighted by Gasteiger charge is 2.31. The predicted octanol–water partition coefficient (Wildman–Crippen LogP) is 3.48. The Morgan fingerprint density at radius 3 is 2.81 bits per heavy atom. The van der Waals surface area contributed by atoms with Gasteiger partial charge in [-0.15, -0.1) is 0 Å². The van der Waals surface area contributed by atoms with Crippen LogP contribution in [0.2, 0.25) is 0 Å². The molecule has 27 heavy (non-hydrogen) atoms. The Hall–Kier alpha value is -2.89. The van der Waals surface area contributed by atoms with E-state index in [1.54, 1.807) is 7.11 Å². The lowest BCUT2D eigenvalue weighted by molar-refractivity contribution is 0.0790. The molecule has 6 heteroatoms. The van der Waals surface area contributed by atoms with Gasteiger partial charge >= 0.3 is 0 Å². The SMILES string of the molecule is CCCn1c(C2CCN(C(=O)c3ccc(OC)cc3)C2)nc2cccnc21. The van der Waals surface area contributed by atoms with Crippen LogP contribution in [0, 0.1) is 0 Å². The maximum absolute atomic E-state index is 12.9. The summed E-state index contributed by atoms with van der Waals surface area (Å²) in [5.41, 5.74) is 2.57. The first-order chi connectivity index (χ1) is 13.2. The third-order valence-corrected chi connectivity index (χ3v) is 5.16. The number of benzene rings is 1. The molecule has 1 saturated heterocycles. The smallest absolute Gasteiger partial charge is 0.253 e. The van der Waals surface area contributed by atoms with Crippen LogP contribution < -0.4 is 4.74 Å². The fourth-order valence-corrected chi connectivity index (χ4v) is 3.80. The first kappa shape index (κ1) is 17.5. The van der Waals surface area contributed by atoms with Crippen LogP contribution in [0.15, 0.2) is 42.6 Å². The molecule has 0 radical (unpaired) electrons. The lowest BCUT2D eigenvalue weighted by atomic mass is 10.1. The molecule has 3 aromatic rings. The van der Waals surface area contributed by atoms with Crippen molar-refractivity contribution in [2.45, 2.75) is 32.2 Å². The van der Waals surface area contributed by atoms with Gasteiger partial charge in [0.05, 0.1) is 7.11 Å². The zero-order valence-electron chi connectivity index (χ0n) is 15.8. The number of pyridine rings is 1. The van der Waals surface area contributed by atoms with Crippen LogP contribution in [-0.4, -0.2) is 45.5 Å². The number of rotatable bonds is 5. The second-order valence-electron chi connectivity index (χ2n) is 6.93. The van der Waals surface area contributed by atoms with E-state index in [0.717, 1.165) is 48.7 Å². The average Bonchev–Trinajstić information content (AvgIpc) is 3.33. The summed E-state index contributed by atoms with van der Waals surface area (Å²) in [5.74, 6) is 2.12. The summed E-state index contributed by atoms with van der Waals surface area (Å²) in [6.07, 6.45) is 3.76. The number of carbonyl (C=O) groups is 1. The van der Waals surface area contributed by atoms with E-state index in [1.165, 1.54) is 0 Å². The van der Waals surface area contributed by atoms with Gasteiger partial charge < -0.3 is 14.2 Å². The Morgan fingerprint density at radius 2 is 2.07 bits per heavy atom. The number of aromatic nitrogens is 3. The van der Waals surface area contributed by atoms with Gasteiger partial charge in [0.15, 0.2) is 5.65 Å². The molecule has 0 aliphatic carbocycles. The average molecular weight is 364 g/mol. The summed E-state index contributed by atoms with van der Waals surface area (Å²) in [5, 5.41) is 0. The summed E-state index contributed by atoms with van der Waals surface area (Å²) in [6.45, 7) is 4.49. The molecule has 1 atom stereocenters. The number of methoxy groups -OCH3 is 1. The Bertz CT molecular complexity index is 948. The number of fused-ring (bicyclic) bond motifs is 1. The maximum atomic E-state index is 12.9. The van der Waals surface area contributed by atoms with Gasteiger partial charge in [-0.2, -0.15) is 0 Å². The van der Waals surface area contributed by atoms with Crippen molar-refractivity contribution >= 4 is 17.1 Å². The van der Waals surface area contributed by atoms with Crippen LogP contribution >= 0.6 is 0 Å². The van der Waals surface area contributed by atoms with Gasteiger partial charge in [-0.25, -0.2) is 9.97 Å². The van der Waals surface area contributed by atoms with Crippen LogP contribution in [0.25, 0.3) is 11.2 Å². The number of hydrogen-bond donors (Lipinski definition) is 0. The quantitative estimate of drug-likeness (QED) is 0.695. The van der Waals surface area contributed by atoms with E-state index < -0.39 is 0 Å². The van der Waals surface area contributed by atoms with Gasteiger partial charge in [0.2, 0.25) is 0 Å². The summed E-state index contributed by atoms with van der Waals surface area (Å²) in [6, 6.07) is 11.2. The van der Waals surface area contributed by atoms with Crippen molar-refractivity contribution in [3.8, 4) is 5.75 Å². The highest BCUT2D eigenvalue weighted by molar-refractivity contribution is 5.94. The molecule has 140 valence electrons. The molecular weight excluding hydrogens is 340 g/mol. The van der Waals surface area contributed by atoms with Crippen molar-refractivity contribution < 1.29 is 9.53 Å². The van der Waals surface area contributed by atoms with Gasteiger partial charge in [-0.05, 0) is 49.2 Å². The van der Waals surface area contributed by atoms with Crippen LogP contribution in [0.3, 0.4) is 0 Å². The number of carbonyl (C=O) groups excluding carboxylic acids is 1. The first-order valence-electron chi connectivity index (χ1n) is 9.45. The zero-order valence-corrected chi connectivity index (χ0v) is 15.8. The second-order valence-corrected chi connectivity index (χ2v) is 6.93. The summed E-state index contributed by atoms with van der Waals surface area (Å²) >= 11 is 0. The zero-order chi connectivity index (χ0) is 18.8. The molecule has 0 bridgehead atoms. The Kier molecular flexibility index (Phi) is 4.79. The molecule has 2 aromatic heterocycles. The van der Waals surface area contributed by atoms with Gasteiger partial charge in [-0.3, -0.25) is 4.79 Å². The summed E-state index contributed by atoms with van der Waals surface area (Å²) < 4.78 is 7.40. The van der Waals surface area contributed by atoms with E-state index in [0.29, 0.717) is 12.1 Å². The third-order valence-electron chi connectivity index (χ3n) is 5.16. The number of nitrogens with zero attached hydrogens (tertiary/aromatic N) is 4. The molecule has 1 aromatic carbocycles. The number of ether oxygens (including phenoxy) is 1. The van der Waals surface area contributed by atoms with E-state index >= 15 is 0 Å². The van der Waals surface area contributed by atoms with Crippen molar-refractivity contribution in [1.29, 1.82) is 0 Å². The van der Waals surface area contributed by atoms with E-state index in [9.17, 15) is 4.79 Å². The van der Waals surface area contributed by atoms with Crippen molar-refractivity contribution in [1.82, 2.24) is 19.4 Å². The van der Waals surface area contributed by atoms with Crippen LogP contribution in [-0.2, 0) is 6.54 Å². The summed E-state index contributed by atoms with van der Waals surface area (Å²) in [4.78, 5) is 24.1. The highest BCUT2D eigenvalue weighted by Crippen LogP contribution is 2.30. The second kappa shape index (κ2) is 7.39. The number of likely N-dealkylation sites (tertiary alicyclic amines) is 1. The minimum atomic E-state index is 0.0661. The van der Waals surface area contributed by atoms with Crippen molar-refractivity contribution in [2.24, 2.45) is 0 Å².